The standard InChI is InChI=1S/C18H18FN3OS/c1-13-21-16-4-2-3-5-17(16)22(13)11-10-20-18(23)12-24-15-8-6-14(19)7-9-15/h2-9H,10-12H2,1H3,(H,20,23). The molecule has 3 aromatic rings. The number of aryl methyl sites for hydroxylation is 1. The summed E-state index contributed by atoms with van der Waals surface area (Å²) in [5.41, 5.74) is 2.04. The molecule has 0 aliphatic heterocycles. The fourth-order valence-corrected chi connectivity index (χ4v) is 3.24. The summed E-state index contributed by atoms with van der Waals surface area (Å²) in [5, 5.41) is 2.91. The number of hydrogen-bond acceptors (Lipinski definition) is 3. The second-order valence-electron chi connectivity index (χ2n) is 5.39. The molecule has 1 heterocycles. The van der Waals surface area contributed by atoms with Gasteiger partial charge in [0.2, 0.25) is 5.91 Å². The van der Waals surface area contributed by atoms with E-state index in [1.54, 1.807) is 12.1 Å². The Morgan fingerprint density at radius 2 is 1.96 bits per heavy atom. The third-order valence-corrected chi connectivity index (χ3v) is 4.70. The summed E-state index contributed by atoms with van der Waals surface area (Å²) in [6, 6.07) is 14.1. The minimum atomic E-state index is -0.272. The number of imidazole rings is 1. The van der Waals surface area contributed by atoms with Crippen LogP contribution in [0.2, 0.25) is 0 Å². The molecule has 0 aliphatic carbocycles. The van der Waals surface area contributed by atoms with Gasteiger partial charge in [-0.15, -0.1) is 11.8 Å². The predicted octanol–water partition coefficient (Wildman–Crippen LogP) is 3.39. The summed E-state index contributed by atoms with van der Waals surface area (Å²) < 4.78 is 14.9. The molecule has 0 spiro atoms. The van der Waals surface area contributed by atoms with Gasteiger partial charge in [0, 0.05) is 18.0 Å². The Labute approximate surface area is 144 Å². The van der Waals surface area contributed by atoms with Crippen LogP contribution < -0.4 is 5.32 Å². The van der Waals surface area contributed by atoms with Crippen molar-refractivity contribution in [3.05, 3.63) is 60.2 Å². The fraction of sp³-hybridized carbons (Fsp3) is 0.222. The van der Waals surface area contributed by atoms with Gasteiger partial charge in [-0.05, 0) is 43.3 Å². The molecule has 2 aromatic carbocycles. The van der Waals surface area contributed by atoms with Crippen molar-refractivity contribution in [1.29, 1.82) is 0 Å². The number of nitrogens with one attached hydrogen (secondary N) is 1. The molecule has 0 saturated heterocycles. The number of hydrogen-bond donors (Lipinski definition) is 1. The average Bonchev–Trinajstić information content (AvgIpc) is 2.90. The summed E-state index contributed by atoms with van der Waals surface area (Å²) in [5.74, 6) is 0.944. The average molecular weight is 343 g/mol. The van der Waals surface area contributed by atoms with Gasteiger partial charge in [-0.3, -0.25) is 4.79 Å². The van der Waals surface area contributed by atoms with Crippen molar-refractivity contribution in [1.82, 2.24) is 14.9 Å². The Kier molecular flexibility index (Phi) is 5.15. The molecule has 0 bridgehead atoms. The van der Waals surface area contributed by atoms with E-state index in [1.807, 2.05) is 31.2 Å². The van der Waals surface area contributed by atoms with Gasteiger partial charge in [0.15, 0.2) is 0 Å². The second kappa shape index (κ2) is 7.49. The number of amides is 1. The van der Waals surface area contributed by atoms with Gasteiger partial charge in [-0.1, -0.05) is 12.1 Å². The normalized spacial score (nSPS) is 10.9. The molecule has 0 unspecified atom stereocenters. The van der Waals surface area contributed by atoms with Crippen LogP contribution in [0.25, 0.3) is 11.0 Å². The molecule has 0 fully saturated rings. The first kappa shape index (κ1) is 16.5. The lowest BCUT2D eigenvalue weighted by Gasteiger charge is -2.08. The van der Waals surface area contributed by atoms with Crippen molar-refractivity contribution >= 4 is 28.7 Å². The van der Waals surface area contributed by atoms with Crippen LogP contribution in [0.1, 0.15) is 5.82 Å². The highest BCUT2D eigenvalue weighted by Gasteiger charge is 2.07. The molecule has 1 aromatic heterocycles. The minimum absolute atomic E-state index is 0.0357. The van der Waals surface area contributed by atoms with E-state index < -0.39 is 0 Å². The SMILES string of the molecule is Cc1nc2ccccc2n1CCNC(=O)CSc1ccc(F)cc1. The number of fused-ring (bicyclic) bond motifs is 1. The Morgan fingerprint density at radius 3 is 2.75 bits per heavy atom. The summed E-state index contributed by atoms with van der Waals surface area (Å²) in [6.45, 7) is 3.19. The molecule has 4 nitrogen and oxygen atoms in total. The van der Waals surface area contributed by atoms with Gasteiger partial charge < -0.3 is 9.88 Å². The van der Waals surface area contributed by atoms with Crippen molar-refractivity contribution in [2.45, 2.75) is 18.4 Å². The van der Waals surface area contributed by atoms with Gasteiger partial charge in [0.1, 0.15) is 11.6 Å². The highest BCUT2D eigenvalue weighted by molar-refractivity contribution is 8.00. The molecule has 3 rings (SSSR count). The maximum absolute atomic E-state index is 12.8. The van der Waals surface area contributed by atoms with Crippen molar-refractivity contribution in [3.63, 3.8) is 0 Å². The van der Waals surface area contributed by atoms with Crippen LogP contribution in [0.5, 0.6) is 0 Å². The van der Waals surface area contributed by atoms with Crippen molar-refractivity contribution in [2.75, 3.05) is 12.3 Å². The number of carbonyl (C=O) groups is 1. The highest BCUT2D eigenvalue weighted by Crippen LogP contribution is 2.18. The Hall–Kier alpha value is -2.34. The van der Waals surface area contributed by atoms with Crippen LogP contribution >= 0.6 is 11.8 Å². The van der Waals surface area contributed by atoms with Crippen molar-refractivity contribution < 1.29 is 9.18 Å². The quantitative estimate of drug-likeness (QED) is 0.698. The van der Waals surface area contributed by atoms with E-state index in [4.69, 9.17) is 0 Å². The van der Waals surface area contributed by atoms with E-state index in [0.717, 1.165) is 21.8 Å². The maximum Gasteiger partial charge on any atom is 0.230 e. The maximum atomic E-state index is 12.8. The van der Waals surface area contributed by atoms with Gasteiger partial charge in [-0.2, -0.15) is 0 Å². The van der Waals surface area contributed by atoms with E-state index in [-0.39, 0.29) is 11.7 Å². The van der Waals surface area contributed by atoms with Crippen LogP contribution in [0.4, 0.5) is 4.39 Å². The summed E-state index contributed by atoms with van der Waals surface area (Å²) in [6.07, 6.45) is 0. The largest absolute Gasteiger partial charge is 0.354 e. The zero-order chi connectivity index (χ0) is 16.9. The number of aromatic nitrogens is 2. The van der Waals surface area contributed by atoms with E-state index in [2.05, 4.69) is 14.9 Å². The summed E-state index contributed by atoms with van der Waals surface area (Å²) in [7, 11) is 0. The van der Waals surface area contributed by atoms with E-state index >= 15 is 0 Å². The van der Waals surface area contributed by atoms with Crippen LogP contribution in [-0.2, 0) is 11.3 Å². The van der Waals surface area contributed by atoms with Crippen LogP contribution in [-0.4, -0.2) is 27.8 Å². The lowest BCUT2D eigenvalue weighted by molar-refractivity contribution is -0.118. The zero-order valence-corrected chi connectivity index (χ0v) is 14.1. The highest BCUT2D eigenvalue weighted by atomic mass is 32.2. The molecule has 24 heavy (non-hydrogen) atoms. The smallest absolute Gasteiger partial charge is 0.230 e. The Balaban J connectivity index is 1.49. The molecular formula is C18H18FN3OS. The monoisotopic (exact) mass is 343 g/mol. The number of rotatable bonds is 6. The second-order valence-corrected chi connectivity index (χ2v) is 6.44. The predicted molar refractivity (Wildman–Crippen MR) is 94.6 cm³/mol. The molecular weight excluding hydrogens is 325 g/mol. The fourth-order valence-electron chi connectivity index (χ4n) is 2.52. The molecule has 0 aliphatic rings. The number of benzene rings is 2. The van der Waals surface area contributed by atoms with Gasteiger partial charge in [0.05, 0.1) is 16.8 Å². The lowest BCUT2D eigenvalue weighted by Crippen LogP contribution is -2.28. The molecule has 0 atom stereocenters. The molecule has 1 N–H and O–H groups in total. The lowest BCUT2D eigenvalue weighted by atomic mass is 10.3. The zero-order valence-electron chi connectivity index (χ0n) is 13.3. The van der Waals surface area contributed by atoms with E-state index in [9.17, 15) is 9.18 Å². The van der Waals surface area contributed by atoms with Crippen molar-refractivity contribution in [3.8, 4) is 0 Å². The third-order valence-electron chi connectivity index (χ3n) is 3.69. The molecule has 0 radical (unpaired) electrons. The summed E-state index contributed by atoms with van der Waals surface area (Å²) in [4.78, 5) is 17.3. The molecule has 1 amide bonds. The Morgan fingerprint density at radius 1 is 1.21 bits per heavy atom. The number of carbonyl (C=O) groups excluding carboxylic acids is 1. The summed E-state index contributed by atoms with van der Waals surface area (Å²) >= 11 is 1.39. The first-order chi connectivity index (χ1) is 11.6. The number of nitrogens with zero attached hydrogens (tertiary/aromatic N) is 2. The van der Waals surface area contributed by atoms with Crippen LogP contribution in [0.3, 0.4) is 0 Å². The molecule has 6 heteroatoms. The topological polar surface area (TPSA) is 46.9 Å². The molecule has 124 valence electrons. The van der Waals surface area contributed by atoms with Crippen LogP contribution in [0, 0.1) is 12.7 Å². The molecule has 0 saturated carbocycles. The van der Waals surface area contributed by atoms with E-state index in [0.29, 0.717) is 18.8 Å². The van der Waals surface area contributed by atoms with Gasteiger partial charge in [0.25, 0.3) is 0 Å². The number of thioether (sulfide) groups is 1. The Bertz CT molecular complexity index is 845. The van der Waals surface area contributed by atoms with Crippen LogP contribution in [0.15, 0.2) is 53.4 Å². The van der Waals surface area contributed by atoms with Gasteiger partial charge >= 0.3 is 0 Å². The van der Waals surface area contributed by atoms with Crippen molar-refractivity contribution in [2.24, 2.45) is 0 Å². The number of halogens is 1. The third kappa shape index (κ3) is 3.94. The number of para-hydroxylation sites is 2. The van der Waals surface area contributed by atoms with E-state index in [1.165, 1.54) is 23.9 Å². The minimum Gasteiger partial charge on any atom is -0.354 e. The first-order valence-corrected chi connectivity index (χ1v) is 8.69. The van der Waals surface area contributed by atoms with Gasteiger partial charge in [-0.25, -0.2) is 9.37 Å². The first-order valence-electron chi connectivity index (χ1n) is 7.70.